The van der Waals surface area contributed by atoms with Crippen LogP contribution in [0, 0.1) is 6.92 Å². The van der Waals surface area contributed by atoms with Gasteiger partial charge >= 0.3 is 0 Å². The molecule has 0 saturated carbocycles. The average Bonchev–Trinajstić information content (AvgIpc) is 2.38. The van der Waals surface area contributed by atoms with E-state index in [1.54, 1.807) is 7.11 Å². The molecule has 0 fully saturated rings. The molecule has 0 atom stereocenters. The molecule has 0 aliphatic carbocycles. The SMILES string of the molecule is COc1cccc(Oc2ccc(C(N)=S)c(C)c2)c1. The van der Waals surface area contributed by atoms with Gasteiger partial charge in [0.2, 0.25) is 0 Å². The van der Waals surface area contributed by atoms with E-state index in [9.17, 15) is 0 Å². The smallest absolute Gasteiger partial charge is 0.131 e. The fourth-order valence-electron chi connectivity index (χ4n) is 1.78. The topological polar surface area (TPSA) is 44.5 Å². The minimum Gasteiger partial charge on any atom is -0.497 e. The van der Waals surface area contributed by atoms with Gasteiger partial charge in [-0.3, -0.25) is 0 Å². The van der Waals surface area contributed by atoms with Gasteiger partial charge in [0, 0.05) is 11.6 Å². The molecule has 0 radical (unpaired) electrons. The van der Waals surface area contributed by atoms with Crippen molar-refractivity contribution in [2.75, 3.05) is 7.11 Å². The Kier molecular flexibility index (Phi) is 4.02. The third kappa shape index (κ3) is 3.23. The number of ether oxygens (including phenoxy) is 2. The third-order valence-electron chi connectivity index (χ3n) is 2.74. The summed E-state index contributed by atoms with van der Waals surface area (Å²) in [5, 5.41) is 0. The van der Waals surface area contributed by atoms with E-state index in [0.717, 1.165) is 28.4 Å². The minimum atomic E-state index is 0.394. The summed E-state index contributed by atoms with van der Waals surface area (Å²) in [6.07, 6.45) is 0. The van der Waals surface area contributed by atoms with Gasteiger partial charge in [-0.25, -0.2) is 0 Å². The first kappa shape index (κ1) is 13.4. The molecule has 0 heterocycles. The summed E-state index contributed by atoms with van der Waals surface area (Å²) in [6, 6.07) is 13.1. The predicted octanol–water partition coefficient (Wildman–Crippen LogP) is 3.43. The number of methoxy groups -OCH3 is 1. The molecule has 98 valence electrons. The molecule has 2 aromatic rings. The minimum absolute atomic E-state index is 0.394. The Balaban J connectivity index is 2.23. The number of hydrogen-bond donors (Lipinski definition) is 1. The lowest BCUT2D eigenvalue weighted by Gasteiger charge is -2.10. The lowest BCUT2D eigenvalue weighted by Crippen LogP contribution is -2.10. The van der Waals surface area contributed by atoms with Crippen LogP contribution in [0.15, 0.2) is 42.5 Å². The fraction of sp³-hybridized carbons (Fsp3) is 0.133. The molecule has 0 aliphatic heterocycles. The highest BCUT2D eigenvalue weighted by atomic mass is 32.1. The van der Waals surface area contributed by atoms with Crippen molar-refractivity contribution >= 4 is 17.2 Å². The molecule has 0 bridgehead atoms. The van der Waals surface area contributed by atoms with E-state index in [4.69, 9.17) is 27.4 Å². The van der Waals surface area contributed by atoms with Crippen LogP contribution in [-0.4, -0.2) is 12.1 Å². The van der Waals surface area contributed by atoms with Crippen molar-refractivity contribution in [3.8, 4) is 17.2 Å². The Morgan fingerprint density at radius 1 is 1.05 bits per heavy atom. The fourth-order valence-corrected chi connectivity index (χ4v) is 2.01. The second-order valence-corrected chi connectivity index (χ2v) is 4.56. The zero-order chi connectivity index (χ0) is 13.8. The van der Waals surface area contributed by atoms with E-state index in [1.807, 2.05) is 49.4 Å². The second kappa shape index (κ2) is 5.71. The molecule has 2 rings (SSSR count). The zero-order valence-electron chi connectivity index (χ0n) is 10.8. The summed E-state index contributed by atoms with van der Waals surface area (Å²) in [4.78, 5) is 0.394. The van der Waals surface area contributed by atoms with Gasteiger partial charge in [-0.2, -0.15) is 0 Å². The van der Waals surface area contributed by atoms with Gasteiger partial charge in [-0.15, -0.1) is 0 Å². The van der Waals surface area contributed by atoms with Crippen molar-refractivity contribution in [1.29, 1.82) is 0 Å². The summed E-state index contributed by atoms with van der Waals surface area (Å²) >= 11 is 4.98. The number of benzene rings is 2. The van der Waals surface area contributed by atoms with Gasteiger partial charge < -0.3 is 15.2 Å². The quantitative estimate of drug-likeness (QED) is 0.867. The molecule has 0 amide bonds. The van der Waals surface area contributed by atoms with Gasteiger partial charge in [0.1, 0.15) is 22.2 Å². The van der Waals surface area contributed by atoms with Crippen molar-refractivity contribution in [1.82, 2.24) is 0 Å². The maximum Gasteiger partial charge on any atom is 0.131 e. The normalized spacial score (nSPS) is 10.0. The van der Waals surface area contributed by atoms with Gasteiger partial charge in [-0.05, 0) is 42.8 Å². The van der Waals surface area contributed by atoms with Crippen molar-refractivity contribution in [3.05, 3.63) is 53.6 Å². The van der Waals surface area contributed by atoms with Crippen LogP contribution >= 0.6 is 12.2 Å². The van der Waals surface area contributed by atoms with Crippen molar-refractivity contribution in [2.24, 2.45) is 5.73 Å². The van der Waals surface area contributed by atoms with Crippen LogP contribution in [0.1, 0.15) is 11.1 Å². The summed E-state index contributed by atoms with van der Waals surface area (Å²) in [5.74, 6) is 2.22. The van der Waals surface area contributed by atoms with Crippen LogP contribution in [0.4, 0.5) is 0 Å². The van der Waals surface area contributed by atoms with Gasteiger partial charge in [0.05, 0.1) is 7.11 Å². The maximum absolute atomic E-state index is 5.77. The van der Waals surface area contributed by atoms with E-state index in [-0.39, 0.29) is 0 Å². The lowest BCUT2D eigenvalue weighted by atomic mass is 10.1. The Hall–Kier alpha value is -2.07. The molecular weight excluding hydrogens is 258 g/mol. The number of thiocarbonyl (C=S) groups is 1. The first-order valence-electron chi connectivity index (χ1n) is 5.82. The van der Waals surface area contributed by atoms with E-state index in [0.29, 0.717) is 4.99 Å². The van der Waals surface area contributed by atoms with Gasteiger partial charge in [0.25, 0.3) is 0 Å². The number of hydrogen-bond acceptors (Lipinski definition) is 3. The highest BCUT2D eigenvalue weighted by Gasteiger charge is 2.04. The molecule has 0 aliphatic rings. The standard InChI is InChI=1S/C15H15NO2S/c1-10-8-13(6-7-14(10)15(16)19)18-12-5-3-4-11(9-12)17-2/h3-9H,1-2H3,(H2,16,19). The first-order chi connectivity index (χ1) is 9.10. The summed E-state index contributed by atoms with van der Waals surface area (Å²) in [7, 11) is 1.63. The highest BCUT2D eigenvalue weighted by molar-refractivity contribution is 7.80. The summed E-state index contributed by atoms with van der Waals surface area (Å²) < 4.78 is 10.9. The average molecular weight is 273 g/mol. The highest BCUT2D eigenvalue weighted by Crippen LogP contribution is 2.26. The van der Waals surface area contributed by atoms with Crippen LogP contribution in [-0.2, 0) is 0 Å². The first-order valence-corrected chi connectivity index (χ1v) is 6.23. The van der Waals surface area contributed by atoms with E-state index in [2.05, 4.69) is 0 Å². The van der Waals surface area contributed by atoms with Crippen LogP contribution in [0.3, 0.4) is 0 Å². The number of rotatable bonds is 4. The third-order valence-corrected chi connectivity index (χ3v) is 2.96. The molecule has 2 N–H and O–H groups in total. The van der Waals surface area contributed by atoms with Gasteiger partial charge in [0.15, 0.2) is 0 Å². The lowest BCUT2D eigenvalue weighted by molar-refractivity contribution is 0.409. The number of aryl methyl sites for hydroxylation is 1. The zero-order valence-corrected chi connectivity index (χ0v) is 11.7. The second-order valence-electron chi connectivity index (χ2n) is 4.12. The summed E-state index contributed by atoms with van der Waals surface area (Å²) in [6.45, 7) is 1.95. The van der Waals surface area contributed by atoms with E-state index in [1.165, 1.54) is 0 Å². The van der Waals surface area contributed by atoms with E-state index >= 15 is 0 Å². The Morgan fingerprint density at radius 3 is 2.37 bits per heavy atom. The van der Waals surface area contributed by atoms with Crippen LogP contribution in [0.2, 0.25) is 0 Å². The molecule has 0 unspecified atom stereocenters. The van der Waals surface area contributed by atoms with Crippen molar-refractivity contribution < 1.29 is 9.47 Å². The number of nitrogens with two attached hydrogens (primary N) is 1. The van der Waals surface area contributed by atoms with Crippen LogP contribution in [0.5, 0.6) is 17.2 Å². The molecular formula is C15H15NO2S. The Morgan fingerprint density at radius 2 is 1.74 bits per heavy atom. The molecule has 0 aromatic heterocycles. The molecule has 4 heteroatoms. The van der Waals surface area contributed by atoms with E-state index < -0.39 is 0 Å². The molecule has 19 heavy (non-hydrogen) atoms. The van der Waals surface area contributed by atoms with Crippen LogP contribution in [0.25, 0.3) is 0 Å². The monoisotopic (exact) mass is 273 g/mol. The molecule has 2 aromatic carbocycles. The van der Waals surface area contributed by atoms with Crippen molar-refractivity contribution in [2.45, 2.75) is 6.92 Å². The Bertz CT molecular complexity index is 611. The predicted molar refractivity (Wildman–Crippen MR) is 80.1 cm³/mol. The molecule has 3 nitrogen and oxygen atoms in total. The molecule has 0 spiro atoms. The van der Waals surface area contributed by atoms with Gasteiger partial charge in [-0.1, -0.05) is 18.3 Å². The summed E-state index contributed by atoms with van der Waals surface area (Å²) in [5.41, 5.74) is 7.49. The largest absolute Gasteiger partial charge is 0.497 e. The Labute approximate surface area is 118 Å². The van der Waals surface area contributed by atoms with Crippen LogP contribution < -0.4 is 15.2 Å². The van der Waals surface area contributed by atoms with Crippen molar-refractivity contribution in [3.63, 3.8) is 0 Å². The maximum atomic E-state index is 5.77. The molecule has 0 saturated heterocycles.